The molecule has 0 atom stereocenters. The van der Waals surface area contributed by atoms with Crippen LogP contribution < -0.4 is 5.32 Å². The Kier molecular flexibility index (Phi) is 20.2. The maximum Gasteiger partial charge on any atom is 0.322 e. The van der Waals surface area contributed by atoms with E-state index in [2.05, 4.69) is 61.1 Å². The number of rotatable bonds is 11. The molecule has 0 bridgehead atoms. The second-order valence-corrected chi connectivity index (χ2v) is 10.4. The number of carboxylic acid groups (broad SMARTS) is 1. The Bertz CT molecular complexity index is 1250. The zero-order valence-corrected chi connectivity index (χ0v) is 26.9. The number of carboxylic acids is 1. The lowest BCUT2D eigenvalue weighted by molar-refractivity contribution is -0.137. The van der Waals surface area contributed by atoms with Crippen LogP contribution in [0.5, 0.6) is 0 Å². The molecule has 0 aromatic carbocycles. The van der Waals surface area contributed by atoms with Gasteiger partial charge in [-0.1, -0.05) is 66.8 Å². The molecule has 0 radical (unpaired) electrons. The van der Waals surface area contributed by atoms with Gasteiger partial charge in [-0.05, 0) is 89.2 Å². The fraction of sp³-hybridized carbons (Fsp3) is 0.371. The number of nitrogens with one attached hydrogen (secondary N) is 1. The van der Waals surface area contributed by atoms with Gasteiger partial charge in [-0.25, -0.2) is 4.99 Å². The molecule has 8 heteroatoms. The molecule has 1 amide bonds. The molecular weight excluding hydrogens is 562 g/mol. The predicted molar refractivity (Wildman–Crippen MR) is 179 cm³/mol. The third kappa shape index (κ3) is 18.7. The van der Waals surface area contributed by atoms with Crippen LogP contribution in [-0.4, -0.2) is 47.4 Å². The molecule has 3 rings (SSSR count). The van der Waals surface area contributed by atoms with E-state index in [1.54, 1.807) is 12.2 Å². The number of allylic oxidation sites excluding steroid dienone is 8. The van der Waals surface area contributed by atoms with Gasteiger partial charge in [-0.3, -0.25) is 9.59 Å². The van der Waals surface area contributed by atoms with Crippen molar-refractivity contribution in [3.8, 4) is 12.8 Å². The molecule has 43 heavy (non-hydrogen) atoms. The molecule has 0 unspecified atom stereocenters. The fourth-order valence-corrected chi connectivity index (χ4v) is 3.31. The summed E-state index contributed by atoms with van der Waals surface area (Å²) >= 11 is 5.32. The van der Waals surface area contributed by atoms with Crippen LogP contribution in [-0.2, 0) is 14.3 Å². The van der Waals surface area contributed by atoms with Gasteiger partial charge >= 0.3 is 5.97 Å². The van der Waals surface area contributed by atoms with Crippen LogP contribution in [0.3, 0.4) is 0 Å². The summed E-state index contributed by atoms with van der Waals surface area (Å²) in [4.78, 5) is 28.3. The van der Waals surface area contributed by atoms with Gasteiger partial charge in [-0.15, -0.1) is 12.8 Å². The molecule has 2 aliphatic carbocycles. The van der Waals surface area contributed by atoms with Crippen molar-refractivity contribution in [1.82, 2.24) is 10.2 Å². The number of amidine groups is 1. The highest BCUT2D eigenvalue weighted by Gasteiger charge is 2.22. The molecular formula is C35H46ClN3O4. The van der Waals surface area contributed by atoms with Crippen LogP contribution in [0.1, 0.15) is 60.3 Å². The lowest BCUT2D eigenvalue weighted by Crippen LogP contribution is -2.34. The van der Waals surface area contributed by atoms with Crippen molar-refractivity contribution in [3.63, 3.8) is 0 Å². The van der Waals surface area contributed by atoms with Crippen molar-refractivity contribution in [2.75, 3.05) is 19.7 Å². The summed E-state index contributed by atoms with van der Waals surface area (Å²) in [7, 11) is 0. The number of ether oxygens (including phenoxy) is 1. The molecule has 1 fully saturated rings. The molecule has 0 aromatic rings. The Morgan fingerprint density at radius 3 is 2.44 bits per heavy atom. The van der Waals surface area contributed by atoms with Gasteiger partial charge in [0, 0.05) is 17.8 Å². The van der Waals surface area contributed by atoms with E-state index in [1.807, 2.05) is 57.0 Å². The highest BCUT2D eigenvalue weighted by atomic mass is 35.5. The van der Waals surface area contributed by atoms with Crippen molar-refractivity contribution in [2.45, 2.75) is 60.3 Å². The van der Waals surface area contributed by atoms with E-state index in [4.69, 9.17) is 21.4 Å². The minimum absolute atomic E-state index is 0.193. The second kappa shape index (κ2) is 22.4. The quantitative estimate of drug-likeness (QED) is 0.143. The Hall–Kier alpha value is -4.24. The summed E-state index contributed by atoms with van der Waals surface area (Å²) in [6.45, 7) is 18.3. The predicted octanol–water partition coefficient (Wildman–Crippen LogP) is 7.60. The Labute approximate surface area is 263 Å². The van der Waals surface area contributed by atoms with E-state index >= 15 is 0 Å². The molecule has 0 spiro atoms. The molecule has 232 valence electrons. The number of aliphatic carboxylic acids is 1. The summed E-state index contributed by atoms with van der Waals surface area (Å²) in [6.07, 6.45) is 27.7. The number of halogens is 1. The number of carbonyl (C=O) groups excluding carboxylic acids is 1. The molecule has 1 heterocycles. The van der Waals surface area contributed by atoms with Crippen LogP contribution in [0, 0.1) is 18.8 Å². The van der Waals surface area contributed by atoms with Crippen LogP contribution >= 0.6 is 11.6 Å². The number of amides is 1. The van der Waals surface area contributed by atoms with Gasteiger partial charge in [-0.2, -0.15) is 0 Å². The van der Waals surface area contributed by atoms with E-state index in [1.165, 1.54) is 18.4 Å². The zero-order valence-electron chi connectivity index (χ0n) is 26.2. The molecule has 0 saturated heterocycles. The number of hydrogen-bond acceptors (Lipinski definition) is 5. The first kappa shape index (κ1) is 38.8. The third-order valence-electron chi connectivity index (χ3n) is 5.73. The first-order valence-electron chi connectivity index (χ1n) is 14.1. The standard InChI is InChI=1S/C16H21N3O3.C13H16O.C4H7Cl.C2H2/c1-5-14-18-13(16(22)17-9-15(20)21)6-7-19(14)10-12(4)8-11(2)3;1-2-11-4-3-5-13(9-8-11)14-10-12-6-7-12;1-3-4(2)5;1-2/h5-6,10H,1-2,7-9H2,3-4H3,(H,17,22)(H,20,21);3-4,8-9,12H,2,6-7,10H2,1H3;3H,1-2H3;1-2H/b12-10+;;4-3+;. The summed E-state index contributed by atoms with van der Waals surface area (Å²) in [5.41, 5.74) is 6.83. The lowest BCUT2D eigenvalue weighted by atomic mass is 10.1. The average Bonchev–Trinajstić information content (AvgIpc) is 3.83. The van der Waals surface area contributed by atoms with Gasteiger partial charge in [0.15, 0.2) is 5.76 Å². The van der Waals surface area contributed by atoms with Gasteiger partial charge in [0.25, 0.3) is 5.91 Å². The summed E-state index contributed by atoms with van der Waals surface area (Å²) < 4.78 is 5.63. The maximum absolute atomic E-state index is 11.8. The SMILES string of the molecule is C#C.C/C=C(\C)Cl.C=CC1=NC(C(=O)NCC(=O)O)=CCN1/C=C(\C)CC(=C)C.CCC1=CC=C=C(OCC2CC2)C=C1. The third-order valence-corrected chi connectivity index (χ3v) is 5.95. The summed E-state index contributed by atoms with van der Waals surface area (Å²) in [5, 5.41) is 11.7. The van der Waals surface area contributed by atoms with Crippen LogP contribution in [0.4, 0.5) is 0 Å². The fourth-order valence-electron chi connectivity index (χ4n) is 3.31. The number of terminal acetylenes is 1. The van der Waals surface area contributed by atoms with Crippen LogP contribution in [0.2, 0.25) is 0 Å². The monoisotopic (exact) mass is 607 g/mol. The summed E-state index contributed by atoms with van der Waals surface area (Å²) in [6, 6.07) is 0. The maximum atomic E-state index is 11.8. The van der Waals surface area contributed by atoms with Crippen molar-refractivity contribution in [2.24, 2.45) is 10.9 Å². The number of nitrogens with zero attached hydrogens (tertiary/aromatic N) is 2. The Morgan fingerprint density at radius 2 is 1.93 bits per heavy atom. The molecule has 0 aromatic heterocycles. The molecule has 7 nitrogen and oxygen atoms in total. The van der Waals surface area contributed by atoms with Gasteiger partial charge < -0.3 is 20.1 Å². The van der Waals surface area contributed by atoms with Gasteiger partial charge in [0.2, 0.25) is 0 Å². The van der Waals surface area contributed by atoms with Gasteiger partial charge in [0.1, 0.15) is 18.1 Å². The van der Waals surface area contributed by atoms with E-state index in [9.17, 15) is 9.59 Å². The minimum atomic E-state index is -1.10. The lowest BCUT2D eigenvalue weighted by Gasteiger charge is -2.24. The highest BCUT2D eigenvalue weighted by molar-refractivity contribution is 6.29. The van der Waals surface area contributed by atoms with Crippen molar-refractivity contribution in [1.29, 1.82) is 0 Å². The van der Waals surface area contributed by atoms with Crippen LogP contribution in [0.25, 0.3) is 0 Å². The highest BCUT2D eigenvalue weighted by Crippen LogP contribution is 2.29. The Morgan fingerprint density at radius 1 is 1.28 bits per heavy atom. The smallest absolute Gasteiger partial charge is 0.322 e. The number of aliphatic imine (C=N–C) groups is 1. The zero-order chi connectivity index (χ0) is 32.8. The average molecular weight is 608 g/mol. The van der Waals surface area contributed by atoms with E-state index in [-0.39, 0.29) is 5.70 Å². The molecule has 3 aliphatic rings. The Balaban J connectivity index is 0.000000712. The number of hydrogen-bond donors (Lipinski definition) is 2. The van der Waals surface area contributed by atoms with E-state index in [0.717, 1.165) is 47.3 Å². The minimum Gasteiger partial charge on any atom is -0.486 e. The van der Waals surface area contributed by atoms with Crippen molar-refractivity contribution in [3.05, 3.63) is 101 Å². The normalized spacial score (nSPS) is 15.6. The van der Waals surface area contributed by atoms with Crippen molar-refractivity contribution < 1.29 is 19.4 Å². The largest absolute Gasteiger partial charge is 0.486 e. The van der Waals surface area contributed by atoms with E-state index < -0.39 is 18.4 Å². The number of carbonyl (C=O) groups is 2. The topological polar surface area (TPSA) is 91.2 Å². The second-order valence-electron chi connectivity index (χ2n) is 9.84. The molecule has 2 N–H and O–H groups in total. The van der Waals surface area contributed by atoms with E-state index in [0.29, 0.717) is 12.4 Å². The van der Waals surface area contributed by atoms with Crippen LogP contribution in [0.15, 0.2) is 106 Å². The first-order chi connectivity index (χ1) is 20.5. The first-order valence-corrected chi connectivity index (χ1v) is 14.4. The molecule has 1 aliphatic heterocycles. The van der Waals surface area contributed by atoms with Gasteiger partial charge in [0.05, 0.1) is 6.61 Å². The van der Waals surface area contributed by atoms with Crippen molar-refractivity contribution >= 4 is 29.3 Å². The molecule has 1 saturated carbocycles. The summed E-state index contributed by atoms with van der Waals surface area (Å²) in [5.74, 6) is 0.613.